The Morgan fingerprint density at radius 1 is 1.02 bits per heavy atom. The highest BCUT2D eigenvalue weighted by atomic mass is 35.5. The molecule has 0 aliphatic rings. The molecule has 1 unspecified atom stereocenters. The molecule has 4 aromatic rings. The van der Waals surface area contributed by atoms with Crippen LogP contribution in [-0.2, 0) is 14.8 Å². The summed E-state index contributed by atoms with van der Waals surface area (Å²) in [6, 6.07) is 13.9. The van der Waals surface area contributed by atoms with Gasteiger partial charge in [0.1, 0.15) is 17.5 Å². The van der Waals surface area contributed by atoms with E-state index in [9.17, 15) is 27.1 Å². The van der Waals surface area contributed by atoms with Crippen LogP contribution in [0.1, 0.15) is 54.1 Å². The molecule has 40 heavy (non-hydrogen) atoms. The first-order valence-electron chi connectivity index (χ1n) is 11.9. The van der Waals surface area contributed by atoms with Crippen LogP contribution in [0.4, 0.5) is 8.78 Å². The van der Waals surface area contributed by atoms with Crippen LogP contribution < -0.4 is 4.74 Å². The van der Waals surface area contributed by atoms with Crippen LogP contribution in [0.2, 0.25) is 10.0 Å². The Hall–Kier alpha value is -3.18. The van der Waals surface area contributed by atoms with E-state index >= 15 is 0 Å². The van der Waals surface area contributed by atoms with Crippen molar-refractivity contribution < 1.29 is 36.6 Å². The summed E-state index contributed by atoms with van der Waals surface area (Å²) in [5, 5.41) is 11.7. The fraction of sp³-hybridized carbons (Fsp3) is 0.250. The van der Waals surface area contributed by atoms with Gasteiger partial charge in [-0.05, 0) is 69.7 Å². The monoisotopic (exact) mass is 611 g/mol. The van der Waals surface area contributed by atoms with E-state index in [0.717, 1.165) is 10.0 Å². The molecule has 1 N–H and O–H groups in total. The van der Waals surface area contributed by atoms with Gasteiger partial charge in [0.15, 0.2) is 0 Å². The molecule has 1 heterocycles. The fourth-order valence-electron chi connectivity index (χ4n) is 4.23. The van der Waals surface area contributed by atoms with Crippen molar-refractivity contribution in [2.75, 3.05) is 0 Å². The lowest BCUT2D eigenvalue weighted by Gasteiger charge is -2.22. The van der Waals surface area contributed by atoms with E-state index in [0.29, 0.717) is 10.9 Å². The Kier molecular flexibility index (Phi) is 8.20. The third-order valence-corrected chi connectivity index (χ3v) is 8.38. The van der Waals surface area contributed by atoms with Crippen molar-refractivity contribution in [3.8, 4) is 5.75 Å². The van der Waals surface area contributed by atoms with Crippen LogP contribution in [0, 0.1) is 6.92 Å². The number of nitrogens with zero attached hydrogens (tertiary/aromatic N) is 1. The van der Waals surface area contributed by atoms with E-state index in [1.807, 2.05) is 0 Å². The van der Waals surface area contributed by atoms with Gasteiger partial charge in [-0.3, -0.25) is 0 Å². The summed E-state index contributed by atoms with van der Waals surface area (Å²) in [5.41, 5.74) is -0.883. The van der Waals surface area contributed by atoms with E-state index in [1.54, 1.807) is 33.8 Å². The average Bonchev–Trinajstić information content (AvgIpc) is 3.24. The Morgan fingerprint density at radius 2 is 1.68 bits per heavy atom. The van der Waals surface area contributed by atoms with Gasteiger partial charge in [0.25, 0.3) is 10.0 Å². The number of hydrogen-bond donors (Lipinski definition) is 1. The summed E-state index contributed by atoms with van der Waals surface area (Å²) < 4.78 is 64.8. The van der Waals surface area contributed by atoms with Gasteiger partial charge in [0.05, 0.1) is 26.7 Å². The van der Waals surface area contributed by atoms with E-state index in [4.69, 9.17) is 27.9 Å². The number of alkyl halides is 2. The number of aliphatic hydroxyl groups is 1. The first kappa shape index (κ1) is 29.8. The molecule has 3 aromatic carbocycles. The third-order valence-electron chi connectivity index (χ3n) is 5.89. The zero-order chi connectivity index (χ0) is 29.6. The molecule has 4 rings (SSSR count). The molecule has 0 fully saturated rings. The van der Waals surface area contributed by atoms with Crippen molar-refractivity contribution in [2.24, 2.45) is 0 Å². The van der Waals surface area contributed by atoms with Gasteiger partial charge in [-0.1, -0.05) is 41.4 Å². The number of benzene rings is 3. The number of carbonyl (C=O) groups is 1. The summed E-state index contributed by atoms with van der Waals surface area (Å²) in [6.07, 6.45) is -1.77. The highest BCUT2D eigenvalue weighted by Gasteiger charge is 2.32. The predicted octanol–water partition coefficient (Wildman–Crippen LogP) is 7.13. The van der Waals surface area contributed by atoms with Crippen LogP contribution in [0.25, 0.3) is 10.9 Å². The highest BCUT2D eigenvalue weighted by Crippen LogP contribution is 2.41. The lowest BCUT2D eigenvalue weighted by molar-refractivity contribution is -0.0498. The molecule has 7 nitrogen and oxygen atoms in total. The molecule has 1 atom stereocenters. The zero-order valence-corrected chi connectivity index (χ0v) is 24.1. The SMILES string of the molecule is Cc1cc(OC(F)F)cc2c1cc(C(O)c1c(Cl)ccc(C(=O)OC(C)(C)C)c1Cl)n2S(=O)(=O)c1ccccc1. The maximum absolute atomic E-state index is 13.9. The van der Waals surface area contributed by atoms with Crippen LogP contribution in [-0.4, -0.2) is 35.7 Å². The summed E-state index contributed by atoms with van der Waals surface area (Å²) >= 11 is 13.0. The molecule has 0 aliphatic heterocycles. The van der Waals surface area contributed by atoms with E-state index in [2.05, 4.69) is 4.74 Å². The third kappa shape index (κ3) is 5.81. The topological polar surface area (TPSA) is 94.8 Å². The molecule has 212 valence electrons. The van der Waals surface area contributed by atoms with Gasteiger partial charge in [-0.25, -0.2) is 17.2 Å². The van der Waals surface area contributed by atoms with Crippen molar-refractivity contribution in [3.63, 3.8) is 0 Å². The van der Waals surface area contributed by atoms with Crippen molar-refractivity contribution in [2.45, 2.75) is 50.9 Å². The van der Waals surface area contributed by atoms with Crippen molar-refractivity contribution in [1.29, 1.82) is 0 Å². The number of halogens is 4. The van der Waals surface area contributed by atoms with E-state index in [-0.39, 0.29) is 43.0 Å². The second-order valence-electron chi connectivity index (χ2n) is 9.93. The number of fused-ring (bicyclic) bond motifs is 1. The van der Waals surface area contributed by atoms with Crippen molar-refractivity contribution in [3.05, 3.63) is 93.1 Å². The Balaban J connectivity index is 2.00. The normalized spacial score (nSPS) is 13.1. The van der Waals surface area contributed by atoms with Crippen LogP contribution in [0.3, 0.4) is 0 Å². The maximum atomic E-state index is 13.9. The minimum absolute atomic E-state index is 0.0240. The number of esters is 1. The summed E-state index contributed by atoms with van der Waals surface area (Å²) in [5.74, 6) is -1.05. The molecular formula is C28H25Cl2F2NO6S. The molecule has 0 saturated heterocycles. The lowest BCUT2D eigenvalue weighted by Crippen LogP contribution is -2.24. The van der Waals surface area contributed by atoms with Crippen molar-refractivity contribution in [1.82, 2.24) is 3.97 Å². The van der Waals surface area contributed by atoms with Gasteiger partial charge in [-0.15, -0.1) is 0 Å². The molecule has 12 heteroatoms. The van der Waals surface area contributed by atoms with E-state index in [1.165, 1.54) is 48.5 Å². The first-order chi connectivity index (χ1) is 18.6. The van der Waals surface area contributed by atoms with Gasteiger partial charge in [0.2, 0.25) is 0 Å². The van der Waals surface area contributed by atoms with E-state index < -0.39 is 34.3 Å². The molecule has 0 saturated carbocycles. The molecule has 0 bridgehead atoms. The number of hydrogen-bond acceptors (Lipinski definition) is 6. The van der Waals surface area contributed by atoms with Crippen LogP contribution >= 0.6 is 23.2 Å². The second-order valence-corrected chi connectivity index (χ2v) is 12.5. The second kappa shape index (κ2) is 11.0. The fourth-order valence-corrected chi connectivity index (χ4v) is 6.44. The van der Waals surface area contributed by atoms with Crippen LogP contribution in [0.15, 0.2) is 65.6 Å². The summed E-state index contributed by atoms with van der Waals surface area (Å²) in [7, 11) is -4.41. The Labute approximate surface area is 239 Å². The van der Waals surface area contributed by atoms with Gasteiger partial charge in [0, 0.05) is 22.0 Å². The Morgan fingerprint density at radius 3 is 2.27 bits per heavy atom. The zero-order valence-electron chi connectivity index (χ0n) is 21.8. The van der Waals surface area contributed by atoms with Gasteiger partial charge in [-0.2, -0.15) is 8.78 Å². The minimum Gasteiger partial charge on any atom is -0.456 e. The smallest absolute Gasteiger partial charge is 0.387 e. The number of aryl methyl sites for hydroxylation is 1. The minimum atomic E-state index is -4.41. The first-order valence-corrected chi connectivity index (χ1v) is 14.1. The quantitative estimate of drug-likeness (QED) is 0.223. The molecule has 0 aliphatic carbocycles. The van der Waals surface area contributed by atoms with Crippen LogP contribution in [0.5, 0.6) is 5.75 Å². The maximum Gasteiger partial charge on any atom is 0.387 e. The van der Waals surface area contributed by atoms with Gasteiger partial charge < -0.3 is 14.6 Å². The lowest BCUT2D eigenvalue weighted by atomic mass is 10.0. The number of aliphatic hydroxyl groups excluding tert-OH is 1. The number of aromatic nitrogens is 1. The molecule has 1 aromatic heterocycles. The highest BCUT2D eigenvalue weighted by molar-refractivity contribution is 7.90. The van der Waals surface area contributed by atoms with Gasteiger partial charge >= 0.3 is 12.6 Å². The summed E-state index contributed by atoms with van der Waals surface area (Å²) in [6.45, 7) is 3.45. The molecular weight excluding hydrogens is 587 g/mol. The number of carbonyl (C=O) groups excluding carboxylic acids is 1. The molecule has 0 radical (unpaired) electrons. The molecule has 0 spiro atoms. The number of ether oxygens (including phenoxy) is 2. The standard InChI is InChI=1S/C28H25Cl2F2NO6S/c1-15-12-16(38-27(31)32)13-21-19(15)14-22(33(21)40(36,37)17-8-6-5-7-9-17)25(34)23-20(29)11-10-18(24(23)30)26(35)39-28(2,3)4/h5-14,25,27,34H,1-4H3. The molecule has 0 amide bonds. The number of rotatable bonds is 7. The largest absolute Gasteiger partial charge is 0.456 e. The Bertz CT molecular complexity index is 1700. The average molecular weight is 612 g/mol. The van der Waals surface area contributed by atoms with Crippen molar-refractivity contribution >= 4 is 50.1 Å². The summed E-state index contributed by atoms with van der Waals surface area (Å²) in [4.78, 5) is 12.7. The predicted molar refractivity (Wildman–Crippen MR) is 148 cm³/mol.